The third kappa shape index (κ3) is 0.536. The van der Waals surface area contributed by atoms with Crippen molar-refractivity contribution < 1.29 is 19.1 Å². The summed E-state index contributed by atoms with van der Waals surface area (Å²) in [6.45, 7) is 3.46. The van der Waals surface area contributed by atoms with Crippen molar-refractivity contribution in [3.8, 4) is 0 Å². The molecule has 2 heterocycles. The molecule has 8 rings (SSSR count). The summed E-state index contributed by atoms with van der Waals surface area (Å²) in [5, 5.41) is 0. The van der Waals surface area contributed by atoms with Gasteiger partial charge in [-0.3, -0.25) is 9.59 Å². The van der Waals surface area contributed by atoms with Crippen LogP contribution in [-0.2, 0) is 19.1 Å². The van der Waals surface area contributed by atoms with Crippen LogP contribution in [-0.4, -0.2) is 36.0 Å². The monoisotopic (exact) mass is 272 g/mol. The number of epoxide rings is 2. The second-order valence-corrected chi connectivity index (χ2v) is 8.24. The minimum absolute atomic E-state index is 0.253. The molecule has 0 radical (unpaired) electrons. The average Bonchev–Trinajstić information content (AvgIpc) is 3.17. The van der Waals surface area contributed by atoms with Crippen molar-refractivity contribution in [1.82, 2.24) is 0 Å². The van der Waals surface area contributed by atoms with E-state index in [1.807, 2.05) is 0 Å². The molecule has 6 saturated carbocycles. The van der Waals surface area contributed by atoms with Crippen LogP contribution in [0.4, 0.5) is 0 Å². The molecule has 8 bridgehead atoms. The standard InChI is InChI=1S/C16H16O4/c1-3(17)15-7-5-6-8(15)12-14(20-12)10(6)16(15,4(2)18)9(5)13-11(7)19-13/h5-14H,1-2H3/t5?,6?,7-,8-,9-,10+,11+,12+,13+,14+,15?,16?/m0/s1. The van der Waals surface area contributed by atoms with Gasteiger partial charge in [0.1, 0.15) is 11.6 Å². The third-order valence-electron chi connectivity index (χ3n) is 8.59. The summed E-state index contributed by atoms with van der Waals surface area (Å²) in [5.74, 6) is 2.98. The second-order valence-electron chi connectivity index (χ2n) is 8.24. The molecule has 2 aliphatic heterocycles. The maximum absolute atomic E-state index is 12.8. The van der Waals surface area contributed by atoms with Crippen LogP contribution < -0.4 is 0 Å². The Morgan fingerprint density at radius 2 is 1.00 bits per heavy atom. The van der Waals surface area contributed by atoms with E-state index in [1.54, 1.807) is 13.8 Å². The normalized spacial score (nSPS) is 77.9. The van der Waals surface area contributed by atoms with Crippen molar-refractivity contribution in [3.05, 3.63) is 0 Å². The van der Waals surface area contributed by atoms with Gasteiger partial charge < -0.3 is 9.47 Å². The molecule has 4 nitrogen and oxygen atoms in total. The Hall–Kier alpha value is -0.740. The first kappa shape index (κ1) is 10.1. The quantitative estimate of drug-likeness (QED) is 0.684. The Labute approximate surface area is 116 Å². The number of rotatable bonds is 2. The minimum Gasteiger partial charge on any atom is -0.369 e. The van der Waals surface area contributed by atoms with E-state index in [0.717, 1.165) is 0 Å². The molecule has 2 saturated heterocycles. The van der Waals surface area contributed by atoms with Gasteiger partial charge in [-0.2, -0.15) is 0 Å². The van der Waals surface area contributed by atoms with Crippen molar-refractivity contribution in [1.29, 1.82) is 0 Å². The predicted molar refractivity (Wildman–Crippen MR) is 64.5 cm³/mol. The van der Waals surface area contributed by atoms with Gasteiger partial charge in [0.05, 0.1) is 35.2 Å². The van der Waals surface area contributed by atoms with E-state index in [0.29, 0.717) is 35.5 Å². The Morgan fingerprint density at radius 1 is 0.700 bits per heavy atom. The number of ether oxygens (including phenoxy) is 2. The maximum atomic E-state index is 12.8. The Kier molecular flexibility index (Phi) is 1.13. The van der Waals surface area contributed by atoms with E-state index in [4.69, 9.17) is 9.47 Å². The highest BCUT2D eigenvalue weighted by atomic mass is 16.6. The third-order valence-corrected chi connectivity index (χ3v) is 8.59. The molecule has 20 heavy (non-hydrogen) atoms. The van der Waals surface area contributed by atoms with Gasteiger partial charge >= 0.3 is 0 Å². The van der Waals surface area contributed by atoms with Gasteiger partial charge in [-0.25, -0.2) is 0 Å². The summed E-state index contributed by atoms with van der Waals surface area (Å²) < 4.78 is 11.8. The van der Waals surface area contributed by atoms with Gasteiger partial charge in [0.15, 0.2) is 0 Å². The second kappa shape index (κ2) is 2.24. The molecule has 12 atom stereocenters. The first-order valence-electron chi connectivity index (χ1n) is 7.92. The van der Waals surface area contributed by atoms with Crippen LogP contribution in [0, 0.1) is 46.3 Å². The summed E-state index contributed by atoms with van der Waals surface area (Å²) in [6.07, 6.45) is 1.13. The lowest BCUT2D eigenvalue weighted by molar-refractivity contribution is -0.158. The Balaban J connectivity index is 1.64. The van der Waals surface area contributed by atoms with Gasteiger partial charge in [0.2, 0.25) is 0 Å². The summed E-state index contributed by atoms with van der Waals surface area (Å²) in [4.78, 5) is 25.6. The van der Waals surface area contributed by atoms with Crippen LogP contribution >= 0.6 is 0 Å². The smallest absolute Gasteiger partial charge is 0.137 e. The average molecular weight is 272 g/mol. The summed E-state index contributed by atoms with van der Waals surface area (Å²) in [7, 11) is 0. The number of Topliss-reactive ketones (excluding diaryl/α,β-unsaturated/α-hetero) is 2. The zero-order valence-electron chi connectivity index (χ0n) is 11.4. The molecule has 8 fully saturated rings. The predicted octanol–water partition coefficient (Wildman–Crippen LogP) is 0.437. The Morgan fingerprint density at radius 3 is 1.25 bits per heavy atom. The van der Waals surface area contributed by atoms with Crippen molar-refractivity contribution >= 4 is 11.6 Å². The van der Waals surface area contributed by atoms with E-state index >= 15 is 0 Å². The van der Waals surface area contributed by atoms with Crippen molar-refractivity contribution in [2.24, 2.45) is 46.3 Å². The number of hydrogen-bond donors (Lipinski definition) is 0. The highest BCUT2D eigenvalue weighted by Crippen LogP contribution is 2.97. The molecule has 4 heteroatoms. The fraction of sp³-hybridized carbons (Fsp3) is 0.875. The number of ketones is 2. The summed E-state index contributed by atoms with van der Waals surface area (Å²) in [5.41, 5.74) is -0.836. The molecule has 0 spiro atoms. The van der Waals surface area contributed by atoms with E-state index in [1.165, 1.54) is 0 Å². The minimum atomic E-state index is -0.418. The van der Waals surface area contributed by atoms with Crippen molar-refractivity contribution in [2.75, 3.05) is 0 Å². The summed E-state index contributed by atoms with van der Waals surface area (Å²) in [6, 6.07) is 0. The molecule has 0 aromatic heterocycles. The van der Waals surface area contributed by atoms with Gasteiger partial charge in [-0.15, -0.1) is 0 Å². The van der Waals surface area contributed by atoms with Crippen LogP contribution in [0.5, 0.6) is 0 Å². The first-order valence-corrected chi connectivity index (χ1v) is 7.92. The van der Waals surface area contributed by atoms with Gasteiger partial charge in [0, 0.05) is 23.7 Å². The number of carbonyl (C=O) groups is 2. The van der Waals surface area contributed by atoms with Gasteiger partial charge in [0.25, 0.3) is 0 Å². The number of fused-ring (bicyclic) bond motifs is 2. The van der Waals surface area contributed by atoms with Crippen LogP contribution in [0.25, 0.3) is 0 Å². The molecule has 4 unspecified atom stereocenters. The van der Waals surface area contributed by atoms with Crippen molar-refractivity contribution in [3.63, 3.8) is 0 Å². The van der Waals surface area contributed by atoms with Crippen LogP contribution in [0.1, 0.15) is 13.8 Å². The molecule has 0 N–H and O–H groups in total. The highest BCUT2D eigenvalue weighted by molar-refractivity contribution is 5.99. The van der Waals surface area contributed by atoms with Crippen LogP contribution in [0.2, 0.25) is 0 Å². The highest BCUT2D eigenvalue weighted by Gasteiger charge is 3.03. The van der Waals surface area contributed by atoms with Gasteiger partial charge in [-0.1, -0.05) is 0 Å². The fourth-order valence-electron chi connectivity index (χ4n) is 9.03. The molecular weight excluding hydrogens is 256 g/mol. The van der Waals surface area contributed by atoms with E-state index in [9.17, 15) is 9.59 Å². The summed E-state index contributed by atoms with van der Waals surface area (Å²) >= 11 is 0. The topological polar surface area (TPSA) is 59.2 Å². The zero-order valence-corrected chi connectivity index (χ0v) is 11.4. The SMILES string of the molecule is CC(=O)C12[C@@H]3C4C5[C@H]1[C@H]1O[C@@H]1[C@H]5C2(C(C)=O)[C@@H]4[C@H]1O[C@@H]13. The largest absolute Gasteiger partial charge is 0.369 e. The molecular formula is C16H16O4. The zero-order chi connectivity index (χ0) is 13.3. The lowest BCUT2D eigenvalue weighted by Gasteiger charge is -2.50. The molecule has 0 aromatic carbocycles. The fourth-order valence-corrected chi connectivity index (χ4v) is 9.03. The number of carbonyl (C=O) groups excluding carboxylic acids is 2. The molecule has 0 aromatic rings. The first-order chi connectivity index (χ1) is 9.59. The van der Waals surface area contributed by atoms with E-state index < -0.39 is 10.8 Å². The van der Waals surface area contributed by atoms with Crippen molar-refractivity contribution in [2.45, 2.75) is 38.3 Å². The van der Waals surface area contributed by atoms with Gasteiger partial charge in [-0.05, 0) is 25.7 Å². The molecule has 0 amide bonds. The lowest BCUT2D eigenvalue weighted by Crippen LogP contribution is -2.61. The van der Waals surface area contributed by atoms with E-state index in [-0.39, 0.29) is 36.0 Å². The maximum Gasteiger partial charge on any atom is 0.137 e. The van der Waals surface area contributed by atoms with Crippen LogP contribution in [0.3, 0.4) is 0 Å². The number of hydrogen-bond acceptors (Lipinski definition) is 4. The molecule has 6 aliphatic carbocycles. The lowest BCUT2D eigenvalue weighted by atomic mass is 9.47. The van der Waals surface area contributed by atoms with E-state index in [2.05, 4.69) is 0 Å². The molecule has 8 aliphatic rings. The van der Waals surface area contributed by atoms with Crippen LogP contribution in [0.15, 0.2) is 0 Å². The molecule has 104 valence electrons. The Bertz CT molecular complexity index is 565.